The molecule has 1 aliphatic rings. The summed E-state index contributed by atoms with van der Waals surface area (Å²) in [5.41, 5.74) is 1.30. The molecule has 0 bridgehead atoms. The maximum atomic E-state index is 10.8. The normalized spacial score (nSPS) is 25.8. The quantitative estimate of drug-likeness (QED) is 0.592. The van der Waals surface area contributed by atoms with Crippen LogP contribution in [0, 0.1) is 0 Å². The van der Waals surface area contributed by atoms with Gasteiger partial charge in [0.15, 0.2) is 0 Å². The highest BCUT2D eigenvalue weighted by Crippen LogP contribution is 2.39. The molecule has 1 aromatic rings. The van der Waals surface area contributed by atoms with Crippen molar-refractivity contribution < 1.29 is 9.90 Å². The number of benzene rings is 1. The lowest BCUT2D eigenvalue weighted by molar-refractivity contribution is -0.314. The van der Waals surface area contributed by atoms with Gasteiger partial charge in [0.05, 0.1) is 5.97 Å². The van der Waals surface area contributed by atoms with Crippen LogP contribution in [-0.4, -0.2) is 5.97 Å². The molecule has 1 aliphatic carbocycles. The van der Waals surface area contributed by atoms with Crippen LogP contribution in [0.3, 0.4) is 0 Å². The number of carbonyl (C=O) groups is 1. The van der Waals surface area contributed by atoms with E-state index in [2.05, 4.69) is 0 Å². The maximum absolute atomic E-state index is 10.8. The van der Waals surface area contributed by atoms with Crippen molar-refractivity contribution in [1.82, 2.24) is 0 Å². The third-order valence-electron chi connectivity index (χ3n) is 2.61. The van der Waals surface area contributed by atoms with Crippen molar-refractivity contribution in [3.8, 4) is 0 Å². The van der Waals surface area contributed by atoms with Crippen molar-refractivity contribution in [2.45, 2.75) is 18.8 Å². The molecule has 12 heavy (non-hydrogen) atoms. The SMILES string of the molecule is C[C@@]1(C(=O)[O-])Cc2ccccc21. The largest absolute Gasteiger partial charge is 0.549 e. The Kier molecular flexibility index (Phi) is 1.28. The second kappa shape index (κ2) is 2.09. The molecular weight excluding hydrogens is 152 g/mol. The molecule has 1 atom stereocenters. The Bertz CT molecular complexity index is 343. The van der Waals surface area contributed by atoms with Crippen LogP contribution in [0.1, 0.15) is 18.1 Å². The van der Waals surface area contributed by atoms with Crippen molar-refractivity contribution in [1.29, 1.82) is 0 Å². The summed E-state index contributed by atoms with van der Waals surface area (Å²) in [4.78, 5) is 10.8. The number of rotatable bonds is 1. The van der Waals surface area contributed by atoms with Crippen molar-refractivity contribution in [3.63, 3.8) is 0 Å². The minimum absolute atomic E-state index is 0.603. The van der Waals surface area contributed by atoms with Crippen LogP contribution >= 0.6 is 0 Å². The van der Waals surface area contributed by atoms with E-state index in [-0.39, 0.29) is 0 Å². The van der Waals surface area contributed by atoms with Crippen molar-refractivity contribution in [3.05, 3.63) is 35.4 Å². The van der Waals surface area contributed by atoms with Gasteiger partial charge in [-0.15, -0.1) is 0 Å². The van der Waals surface area contributed by atoms with Gasteiger partial charge in [0, 0.05) is 5.41 Å². The van der Waals surface area contributed by atoms with Gasteiger partial charge < -0.3 is 9.90 Å². The van der Waals surface area contributed by atoms with Gasteiger partial charge >= 0.3 is 0 Å². The number of fused-ring (bicyclic) bond motifs is 1. The predicted molar refractivity (Wildman–Crippen MR) is 42.5 cm³/mol. The zero-order chi connectivity index (χ0) is 8.77. The van der Waals surface area contributed by atoms with Crippen molar-refractivity contribution >= 4 is 5.97 Å². The second-order valence-corrected chi connectivity index (χ2v) is 3.45. The first kappa shape index (κ1) is 7.35. The number of hydrogen-bond donors (Lipinski definition) is 0. The fourth-order valence-corrected chi connectivity index (χ4v) is 1.76. The summed E-state index contributed by atoms with van der Waals surface area (Å²) in [6.07, 6.45) is 0.603. The fraction of sp³-hybridized carbons (Fsp3) is 0.300. The highest BCUT2D eigenvalue weighted by atomic mass is 16.4. The molecule has 0 heterocycles. The van der Waals surface area contributed by atoms with E-state index in [9.17, 15) is 9.90 Å². The van der Waals surface area contributed by atoms with Gasteiger partial charge in [-0.25, -0.2) is 0 Å². The van der Waals surface area contributed by atoms with Crippen LogP contribution in [0.25, 0.3) is 0 Å². The van der Waals surface area contributed by atoms with Crippen LogP contribution in [0.15, 0.2) is 24.3 Å². The average molecular weight is 161 g/mol. The third-order valence-corrected chi connectivity index (χ3v) is 2.61. The zero-order valence-electron chi connectivity index (χ0n) is 6.83. The molecule has 1 aromatic carbocycles. The van der Waals surface area contributed by atoms with E-state index >= 15 is 0 Å². The molecule has 0 fully saturated rings. The zero-order valence-corrected chi connectivity index (χ0v) is 6.83. The summed E-state index contributed by atoms with van der Waals surface area (Å²) >= 11 is 0. The van der Waals surface area contributed by atoms with E-state index in [4.69, 9.17) is 0 Å². The van der Waals surface area contributed by atoms with E-state index in [1.807, 2.05) is 24.3 Å². The molecule has 0 saturated heterocycles. The lowest BCUT2D eigenvalue weighted by Crippen LogP contribution is -2.50. The van der Waals surface area contributed by atoms with Gasteiger partial charge in [-0.05, 0) is 24.5 Å². The van der Waals surface area contributed by atoms with Crippen LogP contribution in [0.5, 0.6) is 0 Å². The van der Waals surface area contributed by atoms with Gasteiger partial charge in [-0.3, -0.25) is 0 Å². The van der Waals surface area contributed by atoms with Gasteiger partial charge in [-0.2, -0.15) is 0 Å². The van der Waals surface area contributed by atoms with Gasteiger partial charge in [0.25, 0.3) is 0 Å². The molecule has 2 rings (SSSR count). The average Bonchev–Trinajstić information content (AvgIpc) is 2.02. The Morgan fingerprint density at radius 2 is 2.17 bits per heavy atom. The van der Waals surface area contributed by atoms with Crippen LogP contribution in [0.2, 0.25) is 0 Å². The molecule has 62 valence electrons. The molecule has 0 spiro atoms. The van der Waals surface area contributed by atoms with Gasteiger partial charge in [0.1, 0.15) is 0 Å². The number of carboxylic acids is 1. The number of carbonyl (C=O) groups excluding carboxylic acids is 1. The molecular formula is C10H9O2-. The topological polar surface area (TPSA) is 40.1 Å². The minimum Gasteiger partial charge on any atom is -0.549 e. The lowest BCUT2D eigenvalue weighted by atomic mass is 9.65. The van der Waals surface area contributed by atoms with Gasteiger partial charge in [-0.1, -0.05) is 24.3 Å². The first-order chi connectivity index (χ1) is 5.64. The summed E-state index contributed by atoms with van der Waals surface area (Å²) in [7, 11) is 0. The standard InChI is InChI=1S/C10H10O2/c1-10(9(11)12)6-7-4-2-3-5-8(7)10/h2-5H,6H2,1H3,(H,11,12)/p-1/t10-/m1/s1. The van der Waals surface area contributed by atoms with E-state index in [1.54, 1.807) is 6.92 Å². The highest BCUT2D eigenvalue weighted by molar-refractivity contribution is 5.83. The Morgan fingerprint density at radius 3 is 2.75 bits per heavy atom. The fourth-order valence-electron chi connectivity index (χ4n) is 1.76. The monoisotopic (exact) mass is 161 g/mol. The molecule has 0 aromatic heterocycles. The summed E-state index contributed by atoms with van der Waals surface area (Å²) in [6, 6.07) is 7.60. The lowest BCUT2D eigenvalue weighted by Gasteiger charge is -2.41. The molecule has 0 amide bonds. The first-order valence-electron chi connectivity index (χ1n) is 3.94. The number of carboxylic acid groups (broad SMARTS) is 1. The molecule has 0 radical (unpaired) electrons. The number of hydrogen-bond acceptors (Lipinski definition) is 2. The van der Waals surface area contributed by atoms with Gasteiger partial charge in [0.2, 0.25) is 0 Å². The maximum Gasteiger partial charge on any atom is 0.0520 e. The van der Waals surface area contributed by atoms with Crippen LogP contribution in [-0.2, 0) is 16.6 Å². The molecule has 0 aliphatic heterocycles. The molecule has 0 unspecified atom stereocenters. The Balaban J connectivity index is 2.48. The minimum atomic E-state index is -0.971. The summed E-state index contributed by atoms with van der Waals surface area (Å²) in [5, 5.41) is 10.8. The highest BCUT2D eigenvalue weighted by Gasteiger charge is 2.38. The second-order valence-electron chi connectivity index (χ2n) is 3.45. The number of aliphatic carboxylic acids is 1. The molecule has 2 nitrogen and oxygen atoms in total. The van der Waals surface area contributed by atoms with E-state index in [1.165, 1.54) is 0 Å². The Hall–Kier alpha value is -1.31. The van der Waals surface area contributed by atoms with Crippen LogP contribution < -0.4 is 5.11 Å². The summed E-state index contributed by atoms with van der Waals surface area (Å²) in [6.45, 7) is 1.71. The van der Waals surface area contributed by atoms with E-state index in [0.29, 0.717) is 6.42 Å². The summed E-state index contributed by atoms with van der Waals surface area (Å²) < 4.78 is 0. The van der Waals surface area contributed by atoms with Crippen LogP contribution in [0.4, 0.5) is 0 Å². The first-order valence-corrected chi connectivity index (χ1v) is 3.94. The molecule has 0 N–H and O–H groups in total. The molecule has 0 saturated carbocycles. The summed E-state index contributed by atoms with van der Waals surface area (Å²) in [5.74, 6) is -0.971. The Morgan fingerprint density at radius 1 is 1.50 bits per heavy atom. The van der Waals surface area contributed by atoms with Crippen molar-refractivity contribution in [2.24, 2.45) is 0 Å². The Labute approximate surface area is 70.8 Å². The third kappa shape index (κ3) is 0.721. The molecule has 2 heteroatoms. The smallest absolute Gasteiger partial charge is 0.0520 e. The van der Waals surface area contributed by atoms with E-state index < -0.39 is 11.4 Å². The van der Waals surface area contributed by atoms with Crippen molar-refractivity contribution in [2.75, 3.05) is 0 Å². The van der Waals surface area contributed by atoms with E-state index in [0.717, 1.165) is 11.1 Å². The predicted octanol–water partition coefficient (Wildman–Crippen LogP) is 0.250.